The highest BCUT2D eigenvalue weighted by molar-refractivity contribution is 5.76. The number of nitrogens with one attached hydrogen (secondary N) is 1. The van der Waals surface area contributed by atoms with Crippen LogP contribution in [0, 0.1) is 0 Å². The van der Waals surface area contributed by atoms with Gasteiger partial charge in [-0.3, -0.25) is 4.79 Å². The number of hydrogen-bond donors (Lipinski definition) is 6. The first kappa shape index (κ1) is 89.6. The van der Waals surface area contributed by atoms with Crippen LogP contribution in [0.2, 0.25) is 0 Å². The van der Waals surface area contributed by atoms with Crippen molar-refractivity contribution in [1.29, 1.82) is 0 Å². The van der Waals surface area contributed by atoms with Crippen LogP contribution in [0.3, 0.4) is 0 Å². The molecule has 550 valence electrons. The van der Waals surface area contributed by atoms with Gasteiger partial charge in [-0.1, -0.05) is 389 Å². The summed E-state index contributed by atoms with van der Waals surface area (Å²) in [6.07, 6.45) is 97.8. The number of hydrogen-bond acceptors (Lipinski definition) is 8. The first-order valence-electron chi connectivity index (χ1n) is 41.2. The molecule has 1 rings (SSSR count). The van der Waals surface area contributed by atoms with Crippen molar-refractivity contribution >= 4 is 5.91 Å². The normalized spacial score (nSPS) is 17.9. The van der Waals surface area contributed by atoms with E-state index in [4.69, 9.17) is 9.47 Å². The minimum Gasteiger partial charge on any atom is -0.394 e. The summed E-state index contributed by atoms with van der Waals surface area (Å²) in [5, 5.41) is 54.9. The summed E-state index contributed by atoms with van der Waals surface area (Å²) in [6, 6.07) is -0.831. The first-order valence-corrected chi connectivity index (χ1v) is 41.2. The van der Waals surface area contributed by atoms with Crippen molar-refractivity contribution in [3.8, 4) is 0 Å². The molecule has 94 heavy (non-hydrogen) atoms. The Morgan fingerprint density at radius 1 is 0.362 bits per heavy atom. The van der Waals surface area contributed by atoms with Gasteiger partial charge in [0.1, 0.15) is 24.4 Å². The number of allylic oxidation sites excluding steroid dienone is 11. The van der Waals surface area contributed by atoms with Crippen LogP contribution in [0.15, 0.2) is 72.9 Å². The van der Waals surface area contributed by atoms with E-state index in [1.807, 2.05) is 6.08 Å². The average molecular weight is 1320 g/mol. The number of carbonyl (C=O) groups is 1. The van der Waals surface area contributed by atoms with E-state index in [1.165, 1.54) is 327 Å². The summed E-state index contributed by atoms with van der Waals surface area (Å²) < 4.78 is 11.3. The Bertz CT molecular complexity index is 1730. The van der Waals surface area contributed by atoms with Gasteiger partial charge in [0, 0.05) is 6.42 Å². The Morgan fingerprint density at radius 2 is 0.638 bits per heavy atom. The summed E-state index contributed by atoms with van der Waals surface area (Å²) in [7, 11) is 0. The van der Waals surface area contributed by atoms with Gasteiger partial charge in [-0.25, -0.2) is 0 Å². The molecule has 1 aliphatic heterocycles. The monoisotopic (exact) mass is 1320 g/mol. The lowest BCUT2D eigenvalue weighted by Gasteiger charge is -2.40. The number of carbonyl (C=O) groups excluding carboxylic acids is 1. The van der Waals surface area contributed by atoms with E-state index in [9.17, 15) is 30.3 Å². The Morgan fingerprint density at radius 3 is 0.968 bits per heavy atom. The van der Waals surface area contributed by atoms with Crippen molar-refractivity contribution in [2.24, 2.45) is 0 Å². The third kappa shape index (κ3) is 60.8. The molecule has 1 heterocycles. The standard InChI is InChI=1S/C85H157NO8/c1-3-5-7-9-11-13-15-17-19-21-23-25-27-29-31-33-35-36-37-38-39-40-41-42-43-44-45-47-49-51-53-55-57-59-61-63-65-67-69-71-73-75-81(89)86-78(77-93-85-84(92)83(91)82(90)80(76-87)94-85)79(88)74-72-70-68-66-64-62-60-58-56-54-52-50-48-46-34-32-30-28-26-24-22-20-18-16-14-12-10-8-6-4-2/h15,17,21,23,27,29,56,58,64,66,72,74,78-80,82-85,87-88,90-92H,3-14,16,18-20,22,24-26,28,30-55,57,59-63,65,67-71,73,75-77H2,1-2H3,(H,86,89)/b17-15-,23-21-,29-27-,58-56+,66-64+,74-72+. The topological polar surface area (TPSA) is 149 Å². The fourth-order valence-electron chi connectivity index (χ4n) is 13.1. The molecular formula is C85H157NO8. The minimum atomic E-state index is -1.58. The van der Waals surface area contributed by atoms with Crippen LogP contribution in [-0.2, 0) is 14.3 Å². The summed E-state index contributed by atoms with van der Waals surface area (Å²) >= 11 is 0. The molecule has 0 aliphatic carbocycles. The van der Waals surface area contributed by atoms with Crippen LogP contribution in [0.5, 0.6) is 0 Å². The van der Waals surface area contributed by atoms with E-state index >= 15 is 0 Å². The van der Waals surface area contributed by atoms with E-state index in [0.717, 1.165) is 57.8 Å². The number of aliphatic hydroxyl groups excluding tert-OH is 5. The van der Waals surface area contributed by atoms with Crippen molar-refractivity contribution in [2.75, 3.05) is 13.2 Å². The highest BCUT2D eigenvalue weighted by Gasteiger charge is 2.44. The molecule has 0 radical (unpaired) electrons. The molecule has 7 unspecified atom stereocenters. The molecular weight excluding hydrogens is 1160 g/mol. The van der Waals surface area contributed by atoms with E-state index < -0.39 is 49.5 Å². The van der Waals surface area contributed by atoms with Gasteiger partial charge in [-0.15, -0.1) is 0 Å². The van der Waals surface area contributed by atoms with Gasteiger partial charge in [-0.2, -0.15) is 0 Å². The Labute approximate surface area is 582 Å². The Hall–Kier alpha value is -2.37. The van der Waals surface area contributed by atoms with Crippen LogP contribution in [0.1, 0.15) is 406 Å². The molecule has 0 aromatic heterocycles. The predicted molar refractivity (Wildman–Crippen MR) is 405 cm³/mol. The van der Waals surface area contributed by atoms with Gasteiger partial charge in [-0.05, 0) is 83.5 Å². The molecule has 0 saturated carbocycles. The lowest BCUT2D eigenvalue weighted by atomic mass is 9.99. The number of unbranched alkanes of at least 4 members (excludes halogenated alkanes) is 53. The molecule has 1 amide bonds. The van der Waals surface area contributed by atoms with Crippen molar-refractivity contribution in [1.82, 2.24) is 5.32 Å². The maximum atomic E-state index is 13.2. The van der Waals surface area contributed by atoms with Gasteiger partial charge in [0.2, 0.25) is 5.91 Å². The lowest BCUT2D eigenvalue weighted by molar-refractivity contribution is -0.302. The van der Waals surface area contributed by atoms with Crippen molar-refractivity contribution in [3.63, 3.8) is 0 Å². The van der Waals surface area contributed by atoms with Crippen LogP contribution in [0.25, 0.3) is 0 Å². The largest absolute Gasteiger partial charge is 0.394 e. The zero-order valence-corrected chi connectivity index (χ0v) is 62.0. The zero-order chi connectivity index (χ0) is 67.8. The molecule has 0 aromatic carbocycles. The van der Waals surface area contributed by atoms with Crippen molar-refractivity contribution in [3.05, 3.63) is 72.9 Å². The molecule has 0 bridgehead atoms. The summed E-state index contributed by atoms with van der Waals surface area (Å²) in [5.41, 5.74) is 0. The van der Waals surface area contributed by atoms with E-state index in [0.29, 0.717) is 6.42 Å². The fraction of sp³-hybridized carbons (Fsp3) is 0.847. The van der Waals surface area contributed by atoms with Gasteiger partial charge in [0.05, 0.1) is 25.4 Å². The van der Waals surface area contributed by atoms with Crippen molar-refractivity contribution < 1.29 is 39.8 Å². The summed E-state index contributed by atoms with van der Waals surface area (Å²) in [6.45, 7) is 3.80. The van der Waals surface area contributed by atoms with Gasteiger partial charge < -0.3 is 40.3 Å². The number of aliphatic hydroxyl groups is 5. The summed E-state index contributed by atoms with van der Waals surface area (Å²) in [4.78, 5) is 13.2. The molecule has 9 nitrogen and oxygen atoms in total. The average Bonchev–Trinajstić information content (AvgIpc) is 0.831. The fourth-order valence-corrected chi connectivity index (χ4v) is 13.1. The maximum Gasteiger partial charge on any atom is 0.220 e. The summed E-state index contributed by atoms with van der Waals surface area (Å²) in [5.74, 6) is -0.184. The molecule has 6 N–H and O–H groups in total. The Kier molecular flexibility index (Phi) is 69.9. The highest BCUT2D eigenvalue weighted by atomic mass is 16.7. The lowest BCUT2D eigenvalue weighted by Crippen LogP contribution is -2.60. The zero-order valence-electron chi connectivity index (χ0n) is 62.0. The number of ether oxygens (including phenoxy) is 2. The SMILES string of the molecule is CCCCCCC/C=C\C/C=C\C/C=C\CCCCCCCCCCCCCCCCCCCCCCCCCCCCC(=O)NC(COC1OC(CO)C(O)C(O)C1O)C(O)/C=C/CC/C=C/CC/C=C/CCCCCCCCCCCCCCCCCCCCCC. The van der Waals surface area contributed by atoms with E-state index in [2.05, 4.69) is 79.9 Å². The second-order valence-electron chi connectivity index (χ2n) is 28.5. The van der Waals surface area contributed by atoms with E-state index in [-0.39, 0.29) is 12.5 Å². The van der Waals surface area contributed by atoms with E-state index in [1.54, 1.807) is 6.08 Å². The van der Waals surface area contributed by atoms with Crippen LogP contribution in [0.4, 0.5) is 0 Å². The first-order chi connectivity index (χ1) is 46.3. The highest BCUT2D eigenvalue weighted by Crippen LogP contribution is 2.24. The molecule has 0 aromatic rings. The van der Waals surface area contributed by atoms with Crippen LogP contribution < -0.4 is 5.32 Å². The van der Waals surface area contributed by atoms with Crippen molar-refractivity contribution in [2.45, 2.75) is 448 Å². The quantitative estimate of drug-likeness (QED) is 0.0261. The second-order valence-corrected chi connectivity index (χ2v) is 28.5. The predicted octanol–water partition coefficient (Wildman–Crippen LogP) is 23.8. The third-order valence-corrected chi connectivity index (χ3v) is 19.5. The minimum absolute atomic E-state index is 0.184. The Balaban J connectivity index is 2.07. The van der Waals surface area contributed by atoms with Crippen LogP contribution in [-0.4, -0.2) is 87.5 Å². The van der Waals surface area contributed by atoms with Gasteiger partial charge >= 0.3 is 0 Å². The molecule has 9 heteroatoms. The van der Waals surface area contributed by atoms with Gasteiger partial charge in [0.15, 0.2) is 6.29 Å². The number of amides is 1. The smallest absolute Gasteiger partial charge is 0.220 e. The van der Waals surface area contributed by atoms with Gasteiger partial charge in [0.25, 0.3) is 0 Å². The molecule has 0 spiro atoms. The van der Waals surface area contributed by atoms with Crippen LogP contribution >= 0.6 is 0 Å². The molecule has 1 fully saturated rings. The molecule has 1 saturated heterocycles. The molecule has 7 atom stereocenters. The third-order valence-electron chi connectivity index (χ3n) is 19.5. The number of rotatable bonds is 73. The molecule has 1 aliphatic rings. The maximum absolute atomic E-state index is 13.2. The second kappa shape index (κ2) is 73.3.